The average Bonchev–Trinajstić information content (AvgIpc) is 2.80. The molecule has 0 aliphatic heterocycles. The van der Waals surface area contributed by atoms with E-state index >= 15 is 0 Å². The first kappa shape index (κ1) is 11.3. The number of benzene rings is 1. The number of rotatable bonds is 4. The van der Waals surface area contributed by atoms with Gasteiger partial charge in [0.1, 0.15) is 0 Å². The molecule has 1 heterocycles. The second-order valence-corrected chi connectivity index (χ2v) is 4.95. The number of aromatic nitrogens is 1. The van der Waals surface area contributed by atoms with Gasteiger partial charge < -0.3 is 5.73 Å². The summed E-state index contributed by atoms with van der Waals surface area (Å²) in [5, 5.41) is 3.17. The van der Waals surface area contributed by atoms with Gasteiger partial charge in [-0.25, -0.2) is 4.98 Å². The lowest BCUT2D eigenvalue weighted by Gasteiger charge is -2.13. The fourth-order valence-electron chi connectivity index (χ4n) is 1.74. The highest BCUT2D eigenvalue weighted by molar-refractivity contribution is 7.09. The van der Waals surface area contributed by atoms with Crippen molar-refractivity contribution in [1.29, 1.82) is 0 Å². The van der Waals surface area contributed by atoms with E-state index in [0.29, 0.717) is 12.5 Å². The Hall–Kier alpha value is -1.19. The second kappa shape index (κ2) is 5.23. The summed E-state index contributed by atoms with van der Waals surface area (Å²) in [6.45, 7) is 2.77. The van der Waals surface area contributed by atoms with Crippen LogP contribution in [0.1, 0.15) is 22.1 Å². The van der Waals surface area contributed by atoms with Gasteiger partial charge >= 0.3 is 0 Å². The highest BCUT2D eigenvalue weighted by atomic mass is 32.1. The molecule has 1 atom stereocenters. The van der Waals surface area contributed by atoms with Crippen LogP contribution in [-0.4, -0.2) is 11.5 Å². The topological polar surface area (TPSA) is 38.9 Å². The molecule has 0 fully saturated rings. The highest BCUT2D eigenvalue weighted by Gasteiger charge is 2.11. The Balaban J connectivity index is 2.13. The summed E-state index contributed by atoms with van der Waals surface area (Å²) in [7, 11) is 0. The van der Waals surface area contributed by atoms with E-state index in [-0.39, 0.29) is 0 Å². The number of hydrogen-bond acceptors (Lipinski definition) is 3. The molecule has 0 spiro atoms. The van der Waals surface area contributed by atoms with Crippen LogP contribution in [0.4, 0.5) is 0 Å². The van der Waals surface area contributed by atoms with Crippen LogP contribution in [0.2, 0.25) is 0 Å². The fraction of sp³-hybridized carbons (Fsp3) is 0.308. The Kier molecular flexibility index (Phi) is 3.70. The molecule has 84 valence electrons. The van der Waals surface area contributed by atoms with E-state index in [2.05, 4.69) is 36.2 Å². The first-order valence-electron chi connectivity index (χ1n) is 5.44. The Labute approximate surface area is 100 Å². The molecule has 0 aliphatic carbocycles. The van der Waals surface area contributed by atoms with Crippen molar-refractivity contribution in [2.75, 3.05) is 6.54 Å². The van der Waals surface area contributed by atoms with E-state index in [0.717, 1.165) is 11.4 Å². The molecule has 0 saturated carbocycles. The van der Waals surface area contributed by atoms with Crippen molar-refractivity contribution < 1.29 is 0 Å². The predicted molar refractivity (Wildman–Crippen MR) is 68.8 cm³/mol. The molecule has 0 aliphatic rings. The standard InChI is InChI=1S/C13H16N2S/c1-10-2-4-11(5-3-10)12(9-14)8-13-15-6-7-16-13/h2-7,12H,8-9,14H2,1H3. The molecule has 3 heteroatoms. The molecule has 0 radical (unpaired) electrons. The first-order valence-corrected chi connectivity index (χ1v) is 6.32. The lowest BCUT2D eigenvalue weighted by molar-refractivity contribution is 0.691. The zero-order valence-corrected chi connectivity index (χ0v) is 10.2. The maximum Gasteiger partial charge on any atom is 0.0931 e. The monoisotopic (exact) mass is 232 g/mol. The normalized spacial score (nSPS) is 12.6. The average molecular weight is 232 g/mol. The molecule has 2 nitrogen and oxygen atoms in total. The molecule has 0 amide bonds. The van der Waals surface area contributed by atoms with E-state index in [9.17, 15) is 0 Å². The fourth-order valence-corrected chi connectivity index (χ4v) is 2.44. The molecule has 1 unspecified atom stereocenters. The van der Waals surface area contributed by atoms with E-state index < -0.39 is 0 Å². The third kappa shape index (κ3) is 2.68. The predicted octanol–water partition coefficient (Wildman–Crippen LogP) is 2.74. The SMILES string of the molecule is Cc1ccc(C(CN)Cc2nccs2)cc1. The third-order valence-electron chi connectivity index (χ3n) is 2.74. The Bertz CT molecular complexity index is 420. The molecule has 16 heavy (non-hydrogen) atoms. The van der Waals surface area contributed by atoms with Crippen LogP contribution in [0, 0.1) is 6.92 Å². The zero-order chi connectivity index (χ0) is 11.4. The molecule has 1 aromatic heterocycles. The minimum Gasteiger partial charge on any atom is -0.330 e. The van der Waals surface area contributed by atoms with Gasteiger partial charge in [0.25, 0.3) is 0 Å². The van der Waals surface area contributed by atoms with Crippen molar-refractivity contribution in [2.45, 2.75) is 19.3 Å². The molecule has 1 aromatic carbocycles. The first-order chi connectivity index (χ1) is 7.79. The molecule has 0 bridgehead atoms. The summed E-state index contributed by atoms with van der Waals surface area (Å²) >= 11 is 1.70. The van der Waals surface area contributed by atoms with Crippen LogP contribution in [0.25, 0.3) is 0 Å². The van der Waals surface area contributed by atoms with Crippen molar-refractivity contribution in [1.82, 2.24) is 4.98 Å². The van der Waals surface area contributed by atoms with Crippen molar-refractivity contribution in [2.24, 2.45) is 5.73 Å². The minimum absolute atomic E-state index is 0.381. The van der Waals surface area contributed by atoms with Crippen LogP contribution < -0.4 is 5.73 Å². The summed E-state index contributed by atoms with van der Waals surface area (Å²) in [6.07, 6.45) is 2.79. The molecular weight excluding hydrogens is 216 g/mol. The largest absolute Gasteiger partial charge is 0.330 e. The van der Waals surface area contributed by atoms with Crippen LogP contribution in [0.5, 0.6) is 0 Å². The van der Waals surface area contributed by atoms with Crippen LogP contribution in [0.3, 0.4) is 0 Å². The number of hydrogen-bond donors (Lipinski definition) is 1. The van der Waals surface area contributed by atoms with Gasteiger partial charge in [-0.05, 0) is 19.0 Å². The van der Waals surface area contributed by atoms with Crippen molar-refractivity contribution in [3.63, 3.8) is 0 Å². The summed E-state index contributed by atoms with van der Waals surface area (Å²) in [6, 6.07) is 8.61. The number of thiazole rings is 1. The lowest BCUT2D eigenvalue weighted by atomic mass is 9.95. The molecule has 2 N–H and O–H groups in total. The zero-order valence-electron chi connectivity index (χ0n) is 9.39. The quantitative estimate of drug-likeness (QED) is 0.880. The summed E-state index contributed by atoms with van der Waals surface area (Å²) in [5.41, 5.74) is 8.43. The Morgan fingerprint density at radius 3 is 2.62 bits per heavy atom. The van der Waals surface area contributed by atoms with Gasteiger partial charge in [-0.1, -0.05) is 29.8 Å². The Morgan fingerprint density at radius 1 is 1.31 bits per heavy atom. The van der Waals surface area contributed by atoms with Crippen molar-refractivity contribution in [3.05, 3.63) is 52.0 Å². The molecular formula is C13H16N2S. The molecule has 2 rings (SSSR count). The maximum atomic E-state index is 5.84. The van der Waals surface area contributed by atoms with Gasteiger partial charge in [0, 0.05) is 23.9 Å². The van der Waals surface area contributed by atoms with Crippen LogP contribution in [-0.2, 0) is 6.42 Å². The van der Waals surface area contributed by atoms with E-state index in [1.54, 1.807) is 11.3 Å². The van der Waals surface area contributed by atoms with Gasteiger partial charge in [0.15, 0.2) is 0 Å². The van der Waals surface area contributed by atoms with Gasteiger partial charge in [0.05, 0.1) is 5.01 Å². The van der Waals surface area contributed by atoms with Crippen molar-refractivity contribution in [3.8, 4) is 0 Å². The van der Waals surface area contributed by atoms with Gasteiger partial charge in [-0.15, -0.1) is 11.3 Å². The van der Waals surface area contributed by atoms with E-state index in [1.807, 2.05) is 11.6 Å². The smallest absolute Gasteiger partial charge is 0.0931 e. The minimum atomic E-state index is 0.381. The summed E-state index contributed by atoms with van der Waals surface area (Å²) in [5.74, 6) is 0.381. The second-order valence-electron chi connectivity index (χ2n) is 3.97. The van der Waals surface area contributed by atoms with Gasteiger partial charge in [-0.2, -0.15) is 0 Å². The number of aryl methyl sites for hydroxylation is 1. The highest BCUT2D eigenvalue weighted by Crippen LogP contribution is 2.21. The molecule has 2 aromatic rings. The number of nitrogens with zero attached hydrogens (tertiary/aromatic N) is 1. The maximum absolute atomic E-state index is 5.84. The van der Waals surface area contributed by atoms with E-state index in [4.69, 9.17) is 5.73 Å². The van der Waals surface area contributed by atoms with Gasteiger partial charge in [-0.3, -0.25) is 0 Å². The molecule has 0 saturated heterocycles. The summed E-state index contributed by atoms with van der Waals surface area (Å²) < 4.78 is 0. The van der Waals surface area contributed by atoms with Crippen molar-refractivity contribution >= 4 is 11.3 Å². The Morgan fingerprint density at radius 2 is 2.06 bits per heavy atom. The van der Waals surface area contributed by atoms with E-state index in [1.165, 1.54) is 11.1 Å². The third-order valence-corrected chi connectivity index (χ3v) is 3.54. The number of nitrogens with two attached hydrogens (primary N) is 1. The van der Waals surface area contributed by atoms with Crippen LogP contribution in [0.15, 0.2) is 35.8 Å². The lowest BCUT2D eigenvalue weighted by Crippen LogP contribution is -2.14. The van der Waals surface area contributed by atoms with Gasteiger partial charge in [0.2, 0.25) is 0 Å². The summed E-state index contributed by atoms with van der Waals surface area (Å²) in [4.78, 5) is 4.31. The van der Waals surface area contributed by atoms with Crippen LogP contribution >= 0.6 is 11.3 Å².